The summed E-state index contributed by atoms with van der Waals surface area (Å²) in [7, 11) is 0. The fraction of sp³-hybridized carbons (Fsp3) is 0.0417. The second-order valence-corrected chi connectivity index (χ2v) is 6.37. The minimum Gasteiger partial charge on any atom is -0.484 e. The van der Waals surface area contributed by atoms with Crippen LogP contribution in [-0.2, 0) is 4.79 Å². The maximum Gasteiger partial charge on any atom is 0.277 e. The third-order valence-electron chi connectivity index (χ3n) is 4.34. The number of hydrogen-bond donors (Lipinski definition) is 1. The lowest BCUT2D eigenvalue weighted by atomic mass is 10.1. The van der Waals surface area contributed by atoms with Crippen LogP contribution in [0.4, 0.5) is 0 Å². The Labute approximate surface area is 168 Å². The van der Waals surface area contributed by atoms with Gasteiger partial charge in [-0.2, -0.15) is 5.10 Å². The Kier molecular flexibility index (Phi) is 5.58. The van der Waals surface area contributed by atoms with Gasteiger partial charge in [0.1, 0.15) is 11.5 Å². The van der Waals surface area contributed by atoms with E-state index in [1.54, 1.807) is 6.20 Å². The van der Waals surface area contributed by atoms with E-state index in [0.29, 0.717) is 17.2 Å². The van der Waals surface area contributed by atoms with E-state index in [1.165, 1.54) is 0 Å². The second-order valence-electron chi connectivity index (χ2n) is 6.37. The van der Waals surface area contributed by atoms with Crippen molar-refractivity contribution < 1.29 is 9.53 Å². The second kappa shape index (κ2) is 8.80. The maximum absolute atomic E-state index is 12.3. The van der Waals surface area contributed by atoms with Gasteiger partial charge in [0.15, 0.2) is 6.61 Å². The minimum atomic E-state index is -0.345. The van der Waals surface area contributed by atoms with Crippen LogP contribution >= 0.6 is 0 Å². The Bertz CT molecular complexity index is 1100. The van der Waals surface area contributed by atoms with Gasteiger partial charge in [-0.1, -0.05) is 66.7 Å². The highest BCUT2D eigenvalue weighted by molar-refractivity contribution is 6.11. The number of hydrazone groups is 1. The number of aromatic nitrogens is 1. The molecule has 5 heteroatoms. The summed E-state index contributed by atoms with van der Waals surface area (Å²) >= 11 is 0. The van der Waals surface area contributed by atoms with E-state index < -0.39 is 0 Å². The zero-order chi connectivity index (χ0) is 19.9. The Hall–Kier alpha value is -3.99. The zero-order valence-corrected chi connectivity index (χ0v) is 15.7. The van der Waals surface area contributed by atoms with Crippen LogP contribution in [0.1, 0.15) is 11.3 Å². The topological polar surface area (TPSA) is 63.6 Å². The largest absolute Gasteiger partial charge is 0.484 e. The molecule has 0 spiro atoms. The summed E-state index contributed by atoms with van der Waals surface area (Å²) in [6.45, 7) is -0.133. The fourth-order valence-electron chi connectivity index (χ4n) is 2.93. The first kappa shape index (κ1) is 18.4. The molecule has 0 radical (unpaired) electrons. The van der Waals surface area contributed by atoms with Gasteiger partial charge in [-0.15, -0.1) is 0 Å². The molecule has 4 rings (SSSR count). The molecule has 1 N–H and O–H groups in total. The fourth-order valence-corrected chi connectivity index (χ4v) is 2.93. The summed E-state index contributed by atoms with van der Waals surface area (Å²) in [6, 6.07) is 28.9. The number of amides is 1. The lowest BCUT2D eigenvalue weighted by Gasteiger charge is -2.08. The van der Waals surface area contributed by atoms with Crippen molar-refractivity contribution in [1.29, 1.82) is 0 Å². The van der Waals surface area contributed by atoms with Crippen LogP contribution in [-0.4, -0.2) is 23.2 Å². The monoisotopic (exact) mass is 381 g/mol. The lowest BCUT2D eigenvalue weighted by Crippen LogP contribution is -2.26. The van der Waals surface area contributed by atoms with Crippen molar-refractivity contribution >= 4 is 22.4 Å². The molecule has 0 aliphatic heterocycles. The summed E-state index contributed by atoms with van der Waals surface area (Å²) in [5.41, 5.74) is 4.70. The molecule has 0 aliphatic rings. The van der Waals surface area contributed by atoms with Crippen LogP contribution in [0.2, 0.25) is 0 Å². The van der Waals surface area contributed by atoms with Gasteiger partial charge in [0, 0.05) is 11.8 Å². The Morgan fingerprint density at radius 2 is 1.62 bits per heavy atom. The third kappa shape index (κ3) is 4.65. The number of fused-ring (bicyclic) bond motifs is 1. The molecule has 0 fully saturated rings. The molecular formula is C24H19N3O2. The molecule has 4 aromatic rings. The summed E-state index contributed by atoms with van der Waals surface area (Å²) in [6.07, 6.45) is 1.69. The van der Waals surface area contributed by atoms with E-state index in [0.717, 1.165) is 16.3 Å². The predicted octanol–water partition coefficient (Wildman–Crippen LogP) is 4.18. The highest BCUT2D eigenvalue weighted by atomic mass is 16.5. The number of ether oxygens (including phenoxy) is 1. The van der Waals surface area contributed by atoms with Gasteiger partial charge in [-0.05, 0) is 35.0 Å². The summed E-state index contributed by atoms with van der Waals surface area (Å²) in [5.74, 6) is 0.290. The highest BCUT2D eigenvalue weighted by Crippen LogP contribution is 2.20. The van der Waals surface area contributed by atoms with E-state index in [9.17, 15) is 4.79 Å². The smallest absolute Gasteiger partial charge is 0.277 e. The molecule has 0 saturated carbocycles. The van der Waals surface area contributed by atoms with Crippen LogP contribution in [0, 0.1) is 0 Å². The van der Waals surface area contributed by atoms with Crippen LogP contribution in [0.15, 0.2) is 102 Å². The van der Waals surface area contributed by atoms with Crippen LogP contribution < -0.4 is 10.2 Å². The molecule has 0 unspecified atom stereocenters. The summed E-state index contributed by atoms with van der Waals surface area (Å²) < 4.78 is 5.62. The van der Waals surface area contributed by atoms with Crippen molar-refractivity contribution in [2.45, 2.75) is 0 Å². The molecule has 142 valence electrons. The number of nitrogens with zero attached hydrogens (tertiary/aromatic N) is 2. The van der Waals surface area contributed by atoms with E-state index in [4.69, 9.17) is 4.74 Å². The first-order chi connectivity index (χ1) is 14.3. The third-order valence-corrected chi connectivity index (χ3v) is 4.34. The number of pyridine rings is 1. The molecular weight excluding hydrogens is 362 g/mol. The zero-order valence-electron chi connectivity index (χ0n) is 15.7. The summed E-state index contributed by atoms with van der Waals surface area (Å²) in [4.78, 5) is 16.6. The maximum atomic E-state index is 12.3. The highest BCUT2D eigenvalue weighted by Gasteiger charge is 2.09. The predicted molar refractivity (Wildman–Crippen MR) is 114 cm³/mol. The normalized spacial score (nSPS) is 11.2. The standard InChI is InChI=1S/C24H19N3O2/c28-23(17-29-21-14-13-18-8-4-5-11-20(18)16-21)26-27-24(19-9-2-1-3-10-19)22-12-6-7-15-25-22/h1-16H,17H2,(H,26,28). The van der Waals surface area contributed by atoms with Crippen molar-refractivity contribution in [3.05, 3.63) is 108 Å². The molecule has 0 bridgehead atoms. The van der Waals surface area contributed by atoms with E-state index in [1.807, 2.05) is 91.0 Å². The summed E-state index contributed by atoms with van der Waals surface area (Å²) in [5, 5.41) is 6.48. The number of carbonyl (C=O) groups is 1. The average molecular weight is 381 g/mol. The minimum absolute atomic E-state index is 0.133. The van der Waals surface area contributed by atoms with Gasteiger partial charge in [-0.25, -0.2) is 5.43 Å². The molecule has 1 aromatic heterocycles. The first-order valence-electron chi connectivity index (χ1n) is 9.24. The SMILES string of the molecule is O=C(COc1ccc2ccccc2c1)NN=C(c1ccccc1)c1ccccn1. The van der Waals surface area contributed by atoms with Gasteiger partial charge in [0.05, 0.1) is 5.69 Å². The first-order valence-corrected chi connectivity index (χ1v) is 9.24. The Balaban J connectivity index is 1.46. The number of carbonyl (C=O) groups excluding carboxylic acids is 1. The van der Waals surface area contributed by atoms with E-state index >= 15 is 0 Å². The number of rotatable bonds is 6. The molecule has 1 amide bonds. The molecule has 29 heavy (non-hydrogen) atoms. The Morgan fingerprint density at radius 3 is 2.41 bits per heavy atom. The van der Waals surface area contributed by atoms with Crippen LogP contribution in [0.5, 0.6) is 5.75 Å². The van der Waals surface area contributed by atoms with Crippen molar-refractivity contribution in [2.75, 3.05) is 6.61 Å². The van der Waals surface area contributed by atoms with Crippen molar-refractivity contribution in [2.24, 2.45) is 5.10 Å². The van der Waals surface area contributed by atoms with Gasteiger partial charge >= 0.3 is 0 Å². The molecule has 0 saturated heterocycles. The van der Waals surface area contributed by atoms with Gasteiger partial charge in [0.2, 0.25) is 0 Å². The van der Waals surface area contributed by atoms with Crippen LogP contribution in [0.3, 0.4) is 0 Å². The number of nitrogens with one attached hydrogen (secondary N) is 1. The van der Waals surface area contributed by atoms with Crippen LogP contribution in [0.25, 0.3) is 10.8 Å². The molecule has 0 atom stereocenters. The Morgan fingerprint density at radius 1 is 0.862 bits per heavy atom. The number of hydrogen-bond acceptors (Lipinski definition) is 4. The average Bonchev–Trinajstić information content (AvgIpc) is 2.79. The lowest BCUT2D eigenvalue weighted by molar-refractivity contribution is -0.123. The van der Waals surface area contributed by atoms with E-state index in [-0.39, 0.29) is 12.5 Å². The van der Waals surface area contributed by atoms with E-state index in [2.05, 4.69) is 15.5 Å². The van der Waals surface area contributed by atoms with Crippen molar-refractivity contribution in [3.8, 4) is 5.75 Å². The number of benzene rings is 3. The van der Waals surface area contributed by atoms with Crippen molar-refractivity contribution in [3.63, 3.8) is 0 Å². The molecule has 5 nitrogen and oxygen atoms in total. The molecule has 0 aliphatic carbocycles. The van der Waals surface area contributed by atoms with Gasteiger partial charge < -0.3 is 4.74 Å². The van der Waals surface area contributed by atoms with Gasteiger partial charge in [-0.3, -0.25) is 9.78 Å². The molecule has 3 aromatic carbocycles. The quantitative estimate of drug-likeness (QED) is 0.402. The van der Waals surface area contributed by atoms with Gasteiger partial charge in [0.25, 0.3) is 5.91 Å². The van der Waals surface area contributed by atoms with Crippen molar-refractivity contribution in [1.82, 2.24) is 10.4 Å². The molecule has 1 heterocycles.